The van der Waals surface area contributed by atoms with Crippen LogP contribution in [0.5, 0.6) is 0 Å². The van der Waals surface area contributed by atoms with E-state index in [4.69, 9.17) is 0 Å². The van der Waals surface area contributed by atoms with Gasteiger partial charge in [-0.25, -0.2) is 4.79 Å². The van der Waals surface area contributed by atoms with Crippen molar-refractivity contribution in [3.63, 3.8) is 0 Å². The Morgan fingerprint density at radius 3 is 2.52 bits per heavy atom. The lowest BCUT2D eigenvalue weighted by atomic mass is 9.85. The van der Waals surface area contributed by atoms with Crippen molar-refractivity contribution < 1.29 is 18.0 Å². The van der Waals surface area contributed by atoms with Crippen LogP contribution in [0.1, 0.15) is 68.7 Å². The normalized spacial score (nSPS) is 25.6. The lowest BCUT2D eigenvalue weighted by Crippen LogP contribution is -2.43. The zero-order valence-electron chi connectivity index (χ0n) is 13.9. The maximum Gasteiger partial charge on any atom is 0.391 e. The molecule has 1 heterocycles. The largest absolute Gasteiger partial charge is 0.391 e. The Hall–Kier alpha value is -1.38. The average Bonchev–Trinajstić information content (AvgIpc) is 3.03. The highest BCUT2D eigenvalue weighted by molar-refractivity contribution is 7.15. The molecule has 3 rings (SSSR count). The van der Waals surface area contributed by atoms with Crippen molar-refractivity contribution in [1.29, 1.82) is 0 Å². The summed E-state index contributed by atoms with van der Waals surface area (Å²) < 4.78 is 38.5. The first-order valence-electron chi connectivity index (χ1n) is 8.89. The van der Waals surface area contributed by atoms with Gasteiger partial charge in [0.15, 0.2) is 0 Å². The number of nitrogens with zero attached hydrogens (tertiary/aromatic N) is 2. The summed E-state index contributed by atoms with van der Waals surface area (Å²) in [5.74, 6) is -0.915. The van der Waals surface area contributed by atoms with Gasteiger partial charge in [-0.15, -0.1) is 10.2 Å². The molecule has 0 saturated heterocycles. The molecule has 25 heavy (non-hydrogen) atoms. The Balaban J connectivity index is 1.50. The van der Waals surface area contributed by atoms with Gasteiger partial charge in [0.25, 0.3) is 0 Å². The molecule has 0 spiro atoms. The maximum atomic E-state index is 12.8. The molecule has 140 valence electrons. The highest BCUT2D eigenvalue weighted by atomic mass is 32.1. The van der Waals surface area contributed by atoms with Crippen molar-refractivity contribution in [3.8, 4) is 0 Å². The number of rotatable bonds is 3. The van der Waals surface area contributed by atoms with Crippen molar-refractivity contribution in [2.24, 2.45) is 5.92 Å². The molecule has 2 amide bonds. The summed E-state index contributed by atoms with van der Waals surface area (Å²) >= 11 is 1.36. The molecule has 5 nitrogen and oxygen atoms in total. The molecule has 2 aliphatic carbocycles. The third kappa shape index (κ3) is 5.05. The average molecular weight is 376 g/mol. The quantitative estimate of drug-likeness (QED) is 0.794. The Kier molecular flexibility index (Phi) is 5.81. The van der Waals surface area contributed by atoms with E-state index >= 15 is 0 Å². The zero-order valence-corrected chi connectivity index (χ0v) is 14.8. The van der Waals surface area contributed by atoms with Gasteiger partial charge in [-0.1, -0.05) is 37.0 Å². The molecule has 2 fully saturated rings. The smallest absolute Gasteiger partial charge is 0.335 e. The minimum Gasteiger partial charge on any atom is -0.335 e. The second-order valence-electron chi connectivity index (χ2n) is 6.98. The van der Waals surface area contributed by atoms with Crippen LogP contribution in [0.3, 0.4) is 0 Å². The summed E-state index contributed by atoms with van der Waals surface area (Å²) in [5.41, 5.74) is 0. The monoisotopic (exact) mass is 376 g/mol. The summed E-state index contributed by atoms with van der Waals surface area (Å²) in [6.07, 6.45) is 2.77. The van der Waals surface area contributed by atoms with E-state index in [-0.39, 0.29) is 12.8 Å². The van der Waals surface area contributed by atoms with Crippen LogP contribution in [0.4, 0.5) is 23.1 Å². The van der Waals surface area contributed by atoms with Crippen LogP contribution in [-0.2, 0) is 0 Å². The molecule has 2 saturated carbocycles. The number of nitrogens with one attached hydrogen (secondary N) is 2. The van der Waals surface area contributed by atoms with Crippen LogP contribution in [0.25, 0.3) is 0 Å². The number of carbonyl (C=O) groups excluding carboxylic acids is 1. The van der Waals surface area contributed by atoms with Crippen LogP contribution in [0, 0.1) is 5.92 Å². The van der Waals surface area contributed by atoms with Crippen molar-refractivity contribution in [3.05, 3.63) is 5.01 Å². The first-order chi connectivity index (χ1) is 11.9. The summed E-state index contributed by atoms with van der Waals surface area (Å²) in [5, 5.41) is 14.8. The molecule has 2 aliphatic rings. The topological polar surface area (TPSA) is 66.9 Å². The summed E-state index contributed by atoms with van der Waals surface area (Å²) in [6, 6.07) is -0.953. The Morgan fingerprint density at radius 1 is 1.04 bits per heavy atom. The molecule has 0 radical (unpaired) electrons. The summed E-state index contributed by atoms with van der Waals surface area (Å²) in [4.78, 5) is 12.1. The predicted octanol–water partition coefficient (Wildman–Crippen LogP) is 4.83. The fraction of sp³-hybridized carbons (Fsp3) is 0.812. The molecule has 1 aromatic heterocycles. The third-order valence-corrected chi connectivity index (χ3v) is 6.09. The van der Waals surface area contributed by atoms with E-state index in [1.54, 1.807) is 0 Å². The maximum absolute atomic E-state index is 12.8. The Bertz CT molecular complexity index is 586. The second-order valence-corrected chi connectivity index (χ2v) is 7.99. The van der Waals surface area contributed by atoms with E-state index in [2.05, 4.69) is 20.8 Å². The van der Waals surface area contributed by atoms with Gasteiger partial charge < -0.3 is 5.32 Å². The zero-order chi connectivity index (χ0) is 17.9. The van der Waals surface area contributed by atoms with Gasteiger partial charge in [-0.2, -0.15) is 13.2 Å². The van der Waals surface area contributed by atoms with E-state index in [1.165, 1.54) is 30.6 Å². The second kappa shape index (κ2) is 7.88. The molecule has 2 atom stereocenters. The van der Waals surface area contributed by atoms with Gasteiger partial charge in [0, 0.05) is 12.0 Å². The fourth-order valence-electron chi connectivity index (χ4n) is 3.74. The van der Waals surface area contributed by atoms with Crippen LogP contribution in [0.15, 0.2) is 0 Å². The van der Waals surface area contributed by atoms with Crippen LogP contribution < -0.4 is 10.6 Å². The standard InChI is InChI=1S/C16H23F3N4OS/c17-16(18,19)11-7-4-8-12(9-11)20-14(24)21-15-23-22-13(25-15)10-5-2-1-3-6-10/h10-12H,1-9H2,(H2,20,21,23,24). The van der Waals surface area contributed by atoms with Crippen molar-refractivity contribution >= 4 is 22.5 Å². The molecule has 2 unspecified atom stereocenters. The van der Waals surface area contributed by atoms with Gasteiger partial charge in [-0.3, -0.25) is 5.32 Å². The lowest BCUT2D eigenvalue weighted by Gasteiger charge is -2.30. The number of aromatic nitrogens is 2. The molecular weight excluding hydrogens is 353 g/mol. The van der Waals surface area contributed by atoms with Gasteiger partial charge >= 0.3 is 12.2 Å². The number of anilines is 1. The first-order valence-corrected chi connectivity index (χ1v) is 9.71. The number of urea groups is 1. The molecule has 1 aromatic rings. The van der Waals surface area contributed by atoms with Gasteiger partial charge in [0.1, 0.15) is 5.01 Å². The van der Waals surface area contributed by atoms with E-state index in [9.17, 15) is 18.0 Å². The van der Waals surface area contributed by atoms with Gasteiger partial charge in [0.05, 0.1) is 5.92 Å². The highest BCUT2D eigenvalue weighted by Gasteiger charge is 2.42. The number of hydrogen-bond donors (Lipinski definition) is 2. The van der Waals surface area contributed by atoms with E-state index in [1.807, 2.05) is 0 Å². The Labute approximate surface area is 148 Å². The minimum atomic E-state index is -4.19. The van der Waals surface area contributed by atoms with Crippen LogP contribution >= 0.6 is 11.3 Å². The number of carbonyl (C=O) groups is 1. The molecule has 0 aliphatic heterocycles. The Morgan fingerprint density at radius 2 is 1.80 bits per heavy atom. The highest BCUT2D eigenvalue weighted by Crippen LogP contribution is 2.38. The molecule has 0 aromatic carbocycles. The van der Waals surface area contributed by atoms with Gasteiger partial charge in [0.2, 0.25) is 5.13 Å². The van der Waals surface area contributed by atoms with Crippen LogP contribution in [-0.4, -0.2) is 28.4 Å². The SMILES string of the molecule is O=C(Nc1nnc(C2CCCCC2)s1)NC1CCCC(C(F)(F)F)C1. The van der Waals surface area contributed by atoms with E-state index in [0.29, 0.717) is 23.9 Å². The molecule has 2 N–H and O–H groups in total. The third-order valence-electron chi connectivity index (χ3n) is 5.09. The molecule has 0 bridgehead atoms. The molecule has 9 heteroatoms. The minimum absolute atomic E-state index is 0.0552. The van der Waals surface area contributed by atoms with Gasteiger partial charge in [-0.05, 0) is 32.1 Å². The number of alkyl halides is 3. The lowest BCUT2D eigenvalue weighted by molar-refractivity contribution is -0.183. The van der Waals surface area contributed by atoms with Crippen molar-refractivity contribution in [1.82, 2.24) is 15.5 Å². The van der Waals surface area contributed by atoms with Crippen molar-refractivity contribution in [2.45, 2.75) is 75.9 Å². The number of amides is 2. The predicted molar refractivity (Wildman–Crippen MR) is 89.7 cm³/mol. The molecular formula is C16H23F3N4OS. The summed E-state index contributed by atoms with van der Waals surface area (Å²) in [6.45, 7) is 0. The first kappa shape index (κ1) is 18.4. The fourth-order valence-corrected chi connectivity index (χ4v) is 4.64. The van der Waals surface area contributed by atoms with Crippen LogP contribution in [0.2, 0.25) is 0 Å². The number of hydrogen-bond acceptors (Lipinski definition) is 4. The number of halogens is 3. The van der Waals surface area contributed by atoms with Crippen molar-refractivity contribution in [2.75, 3.05) is 5.32 Å². The van der Waals surface area contributed by atoms with E-state index in [0.717, 1.165) is 17.8 Å². The van der Waals surface area contributed by atoms with E-state index < -0.39 is 24.2 Å². The summed E-state index contributed by atoms with van der Waals surface area (Å²) in [7, 11) is 0.